The first kappa shape index (κ1) is 16.3. The minimum atomic E-state index is -0.386. The van der Waals surface area contributed by atoms with E-state index >= 15 is 0 Å². The van der Waals surface area contributed by atoms with Gasteiger partial charge in [-0.1, -0.05) is 40.5 Å². The van der Waals surface area contributed by atoms with Crippen molar-refractivity contribution in [3.05, 3.63) is 57.3 Å². The third kappa shape index (κ3) is 4.19. The molecule has 0 heterocycles. The molecule has 1 unspecified atom stereocenters. The monoisotopic (exact) mass is 371 g/mol. The Morgan fingerprint density at radius 1 is 1.29 bits per heavy atom. The van der Waals surface area contributed by atoms with E-state index in [9.17, 15) is 4.39 Å². The van der Waals surface area contributed by atoms with Crippen LogP contribution in [-0.2, 0) is 0 Å². The largest absolute Gasteiger partial charge is 0.456 e. The van der Waals surface area contributed by atoms with Crippen LogP contribution >= 0.6 is 27.5 Å². The molecular formula is C16H16BrClFNO. The fourth-order valence-corrected chi connectivity index (χ4v) is 2.93. The molecule has 1 atom stereocenters. The lowest BCUT2D eigenvalue weighted by molar-refractivity contribution is 0.479. The molecule has 0 saturated carbocycles. The van der Waals surface area contributed by atoms with Gasteiger partial charge >= 0.3 is 0 Å². The van der Waals surface area contributed by atoms with Crippen molar-refractivity contribution >= 4 is 27.5 Å². The average Bonchev–Trinajstić information content (AvgIpc) is 2.42. The molecule has 1 N–H and O–H groups in total. The fraction of sp³-hybridized carbons (Fsp3) is 0.250. The molecule has 0 aliphatic carbocycles. The number of benzene rings is 2. The lowest BCUT2D eigenvalue weighted by Crippen LogP contribution is -2.17. The highest BCUT2D eigenvalue weighted by Gasteiger charge is 2.10. The summed E-state index contributed by atoms with van der Waals surface area (Å²) in [4.78, 5) is 0. The Kier molecular flexibility index (Phi) is 5.62. The molecule has 0 spiro atoms. The van der Waals surface area contributed by atoms with Gasteiger partial charge in [0.15, 0.2) is 0 Å². The standard InChI is InChI=1S/C16H16BrClFNO/c1-3-20-10(2)13-6-5-12(9-14(13)17)21-16-7-4-11(19)8-15(16)18/h4-10,20H,3H2,1-2H3. The maximum absolute atomic E-state index is 13.0. The van der Waals surface area contributed by atoms with Crippen molar-refractivity contribution in [2.24, 2.45) is 0 Å². The van der Waals surface area contributed by atoms with Gasteiger partial charge in [-0.3, -0.25) is 0 Å². The second kappa shape index (κ2) is 7.25. The molecule has 2 rings (SSSR count). The smallest absolute Gasteiger partial charge is 0.146 e. The average molecular weight is 373 g/mol. The first-order valence-corrected chi connectivity index (χ1v) is 7.84. The number of hydrogen-bond donors (Lipinski definition) is 1. The molecule has 0 radical (unpaired) electrons. The van der Waals surface area contributed by atoms with Gasteiger partial charge in [0, 0.05) is 10.5 Å². The minimum absolute atomic E-state index is 0.243. The van der Waals surface area contributed by atoms with Gasteiger partial charge in [-0.15, -0.1) is 0 Å². The van der Waals surface area contributed by atoms with Crippen LogP contribution in [0, 0.1) is 5.82 Å². The second-order valence-corrected chi connectivity index (χ2v) is 5.90. The van der Waals surface area contributed by atoms with Crippen LogP contribution in [0.15, 0.2) is 40.9 Å². The lowest BCUT2D eigenvalue weighted by Gasteiger charge is -2.16. The highest BCUT2D eigenvalue weighted by Crippen LogP contribution is 2.33. The van der Waals surface area contributed by atoms with Crippen molar-refractivity contribution in [2.45, 2.75) is 19.9 Å². The van der Waals surface area contributed by atoms with Gasteiger partial charge in [0.25, 0.3) is 0 Å². The molecule has 0 amide bonds. The van der Waals surface area contributed by atoms with Crippen LogP contribution in [0.1, 0.15) is 25.5 Å². The Bertz CT molecular complexity index is 636. The van der Waals surface area contributed by atoms with Crippen LogP contribution in [0.3, 0.4) is 0 Å². The molecule has 0 saturated heterocycles. The normalized spacial score (nSPS) is 12.2. The minimum Gasteiger partial charge on any atom is -0.456 e. The van der Waals surface area contributed by atoms with Crippen LogP contribution in [0.5, 0.6) is 11.5 Å². The zero-order chi connectivity index (χ0) is 15.4. The summed E-state index contributed by atoms with van der Waals surface area (Å²) in [6, 6.07) is 10.0. The SMILES string of the molecule is CCNC(C)c1ccc(Oc2ccc(F)cc2Cl)cc1Br. The molecule has 0 fully saturated rings. The number of hydrogen-bond acceptors (Lipinski definition) is 2. The molecule has 21 heavy (non-hydrogen) atoms. The van der Waals surface area contributed by atoms with Crippen molar-refractivity contribution in [3.63, 3.8) is 0 Å². The summed E-state index contributed by atoms with van der Waals surface area (Å²) in [7, 11) is 0. The van der Waals surface area contributed by atoms with Gasteiger partial charge in [-0.25, -0.2) is 4.39 Å². The maximum Gasteiger partial charge on any atom is 0.146 e. The summed E-state index contributed by atoms with van der Waals surface area (Å²) in [5.74, 6) is 0.684. The summed E-state index contributed by atoms with van der Waals surface area (Å²) in [5, 5.41) is 3.60. The first-order chi connectivity index (χ1) is 10.0. The van der Waals surface area contributed by atoms with Gasteiger partial charge in [0.2, 0.25) is 0 Å². The summed E-state index contributed by atoms with van der Waals surface area (Å²) in [5.41, 5.74) is 1.15. The van der Waals surface area contributed by atoms with Crippen LogP contribution in [-0.4, -0.2) is 6.54 Å². The molecule has 5 heteroatoms. The third-order valence-electron chi connectivity index (χ3n) is 3.07. The van der Waals surface area contributed by atoms with E-state index in [1.165, 1.54) is 18.2 Å². The summed E-state index contributed by atoms with van der Waals surface area (Å²) < 4.78 is 19.7. The van der Waals surface area contributed by atoms with E-state index < -0.39 is 0 Å². The van der Waals surface area contributed by atoms with Crippen molar-refractivity contribution < 1.29 is 9.13 Å². The van der Waals surface area contributed by atoms with E-state index in [4.69, 9.17) is 16.3 Å². The van der Waals surface area contributed by atoms with Crippen LogP contribution in [0.2, 0.25) is 5.02 Å². The predicted octanol–water partition coefficient (Wildman–Crippen LogP) is 5.70. The molecule has 2 aromatic carbocycles. The van der Waals surface area contributed by atoms with E-state index in [1.54, 1.807) is 0 Å². The number of ether oxygens (including phenoxy) is 1. The topological polar surface area (TPSA) is 21.3 Å². The van der Waals surface area contributed by atoms with Gasteiger partial charge in [-0.05, 0) is 49.4 Å². The first-order valence-electron chi connectivity index (χ1n) is 6.67. The van der Waals surface area contributed by atoms with E-state index in [0.29, 0.717) is 11.5 Å². The van der Waals surface area contributed by atoms with E-state index in [0.717, 1.165) is 16.6 Å². The van der Waals surface area contributed by atoms with Crippen LogP contribution in [0.25, 0.3) is 0 Å². The van der Waals surface area contributed by atoms with Gasteiger partial charge in [0.1, 0.15) is 17.3 Å². The highest BCUT2D eigenvalue weighted by atomic mass is 79.9. The summed E-state index contributed by atoms with van der Waals surface area (Å²) in [6.45, 7) is 5.07. The summed E-state index contributed by atoms with van der Waals surface area (Å²) in [6.07, 6.45) is 0. The van der Waals surface area contributed by atoms with Gasteiger partial charge in [0.05, 0.1) is 5.02 Å². The van der Waals surface area contributed by atoms with Crippen LogP contribution < -0.4 is 10.1 Å². The quantitative estimate of drug-likeness (QED) is 0.726. The van der Waals surface area contributed by atoms with Crippen molar-refractivity contribution in [2.75, 3.05) is 6.54 Å². The van der Waals surface area contributed by atoms with Crippen molar-refractivity contribution in [1.82, 2.24) is 5.32 Å². The van der Waals surface area contributed by atoms with E-state index in [2.05, 4.69) is 35.1 Å². The molecule has 0 aromatic heterocycles. The predicted molar refractivity (Wildman–Crippen MR) is 87.7 cm³/mol. The molecular weight excluding hydrogens is 357 g/mol. The molecule has 2 nitrogen and oxygen atoms in total. The van der Waals surface area contributed by atoms with Crippen molar-refractivity contribution in [3.8, 4) is 11.5 Å². The molecule has 0 bridgehead atoms. The fourth-order valence-electron chi connectivity index (χ4n) is 2.02. The molecule has 0 aliphatic rings. The van der Waals surface area contributed by atoms with E-state index in [-0.39, 0.29) is 16.9 Å². The Hall–Kier alpha value is -1.10. The Morgan fingerprint density at radius 2 is 2.05 bits per heavy atom. The second-order valence-electron chi connectivity index (χ2n) is 4.64. The van der Waals surface area contributed by atoms with Crippen molar-refractivity contribution in [1.29, 1.82) is 0 Å². The maximum atomic E-state index is 13.0. The van der Waals surface area contributed by atoms with Gasteiger partial charge < -0.3 is 10.1 Å². The van der Waals surface area contributed by atoms with E-state index in [1.807, 2.05) is 18.2 Å². The Labute approximate surface area is 137 Å². The summed E-state index contributed by atoms with van der Waals surface area (Å²) >= 11 is 9.50. The third-order valence-corrected chi connectivity index (χ3v) is 4.05. The lowest BCUT2D eigenvalue weighted by atomic mass is 10.1. The number of rotatable bonds is 5. The zero-order valence-electron chi connectivity index (χ0n) is 11.8. The Morgan fingerprint density at radius 3 is 2.67 bits per heavy atom. The van der Waals surface area contributed by atoms with Gasteiger partial charge in [-0.2, -0.15) is 0 Å². The number of halogens is 3. The number of nitrogens with one attached hydrogen (secondary N) is 1. The Balaban J connectivity index is 2.20. The molecule has 0 aliphatic heterocycles. The van der Waals surface area contributed by atoms with Crippen LogP contribution in [0.4, 0.5) is 4.39 Å². The molecule has 2 aromatic rings. The molecule has 112 valence electrons. The zero-order valence-corrected chi connectivity index (χ0v) is 14.1. The highest BCUT2D eigenvalue weighted by molar-refractivity contribution is 9.10.